The molecule has 112 valence electrons. The Hall–Kier alpha value is -1.13. The third kappa shape index (κ3) is 2.54. The Morgan fingerprint density at radius 2 is 2.20 bits per heavy atom. The minimum Gasteiger partial charge on any atom is -0.466 e. The molecule has 0 aromatic heterocycles. The zero-order chi connectivity index (χ0) is 15.1. The summed E-state index contributed by atoms with van der Waals surface area (Å²) in [4.78, 5) is 11.7. The molecule has 0 aliphatic heterocycles. The van der Waals surface area contributed by atoms with Gasteiger partial charge in [0.25, 0.3) is 0 Å². The average molecular weight is 280 g/mol. The molecule has 2 rings (SSSR count). The molecule has 0 bridgehead atoms. The number of ether oxygens (including phenoxy) is 1. The summed E-state index contributed by atoms with van der Waals surface area (Å²) in [6, 6.07) is 0. The number of fused-ring (bicyclic) bond motifs is 1. The van der Waals surface area contributed by atoms with E-state index >= 15 is 0 Å². The molecule has 4 nitrogen and oxygen atoms in total. The standard InChI is InChI=1S/C16H24O4/c1-9-7-12-11(10(2)15(18)20-4)5-6-16(3,19)13(12)8-14(9)17/h7,11-14,17,19H,2,5-6,8H2,1,3-4H3. The first-order valence-electron chi connectivity index (χ1n) is 7.13. The van der Waals surface area contributed by atoms with Gasteiger partial charge in [-0.2, -0.15) is 0 Å². The highest BCUT2D eigenvalue weighted by Crippen LogP contribution is 2.49. The van der Waals surface area contributed by atoms with Crippen molar-refractivity contribution in [2.75, 3.05) is 7.11 Å². The van der Waals surface area contributed by atoms with E-state index in [0.29, 0.717) is 24.8 Å². The highest BCUT2D eigenvalue weighted by molar-refractivity contribution is 5.88. The van der Waals surface area contributed by atoms with Gasteiger partial charge in [-0.3, -0.25) is 0 Å². The number of aliphatic hydroxyl groups excluding tert-OH is 1. The molecule has 0 saturated heterocycles. The number of allylic oxidation sites excluding steroid dienone is 1. The summed E-state index contributed by atoms with van der Waals surface area (Å²) < 4.78 is 4.77. The fraction of sp³-hybridized carbons (Fsp3) is 0.688. The molecule has 0 aromatic carbocycles. The van der Waals surface area contributed by atoms with Crippen LogP contribution in [0.15, 0.2) is 23.8 Å². The van der Waals surface area contributed by atoms with Crippen LogP contribution in [0.25, 0.3) is 0 Å². The molecule has 1 fully saturated rings. The number of aliphatic hydroxyl groups is 2. The van der Waals surface area contributed by atoms with Crippen LogP contribution in [0.2, 0.25) is 0 Å². The molecular weight excluding hydrogens is 256 g/mol. The molecule has 1 saturated carbocycles. The summed E-state index contributed by atoms with van der Waals surface area (Å²) in [6.07, 6.45) is 3.35. The van der Waals surface area contributed by atoms with Gasteiger partial charge in [0.05, 0.1) is 18.8 Å². The Bertz CT molecular complexity index is 449. The number of hydrogen-bond acceptors (Lipinski definition) is 4. The van der Waals surface area contributed by atoms with E-state index in [9.17, 15) is 15.0 Å². The molecule has 0 spiro atoms. The molecule has 0 radical (unpaired) electrons. The lowest BCUT2D eigenvalue weighted by Gasteiger charge is -2.49. The second kappa shape index (κ2) is 5.34. The van der Waals surface area contributed by atoms with E-state index in [4.69, 9.17) is 4.74 Å². The molecule has 0 heterocycles. The smallest absolute Gasteiger partial charge is 0.333 e. The van der Waals surface area contributed by atoms with Crippen molar-refractivity contribution in [3.63, 3.8) is 0 Å². The van der Waals surface area contributed by atoms with Crippen LogP contribution < -0.4 is 0 Å². The summed E-state index contributed by atoms with van der Waals surface area (Å²) in [6.45, 7) is 7.60. The molecule has 4 heteroatoms. The van der Waals surface area contributed by atoms with Crippen molar-refractivity contribution in [3.8, 4) is 0 Å². The predicted molar refractivity (Wildman–Crippen MR) is 75.9 cm³/mol. The van der Waals surface area contributed by atoms with Crippen molar-refractivity contribution in [3.05, 3.63) is 23.8 Å². The second-order valence-electron chi connectivity index (χ2n) is 6.37. The summed E-state index contributed by atoms with van der Waals surface area (Å²) in [5.41, 5.74) is 0.570. The van der Waals surface area contributed by atoms with Gasteiger partial charge in [-0.15, -0.1) is 0 Å². The van der Waals surface area contributed by atoms with Gasteiger partial charge in [-0.25, -0.2) is 4.79 Å². The zero-order valence-corrected chi connectivity index (χ0v) is 12.4. The molecule has 20 heavy (non-hydrogen) atoms. The maximum absolute atomic E-state index is 11.7. The normalized spacial score (nSPS) is 40.5. The maximum atomic E-state index is 11.7. The van der Waals surface area contributed by atoms with Gasteiger partial charge in [-0.05, 0) is 56.4 Å². The lowest BCUT2D eigenvalue weighted by molar-refractivity contribution is -0.138. The Morgan fingerprint density at radius 3 is 2.80 bits per heavy atom. The Labute approximate surface area is 120 Å². The number of carbonyl (C=O) groups excluding carboxylic acids is 1. The van der Waals surface area contributed by atoms with Crippen LogP contribution in [-0.2, 0) is 9.53 Å². The third-order valence-corrected chi connectivity index (χ3v) is 5.04. The van der Waals surface area contributed by atoms with Crippen molar-refractivity contribution >= 4 is 5.97 Å². The highest BCUT2D eigenvalue weighted by atomic mass is 16.5. The van der Waals surface area contributed by atoms with Gasteiger partial charge >= 0.3 is 5.97 Å². The van der Waals surface area contributed by atoms with Gasteiger partial charge in [0.1, 0.15) is 0 Å². The van der Waals surface area contributed by atoms with Gasteiger partial charge in [-0.1, -0.05) is 12.7 Å². The largest absolute Gasteiger partial charge is 0.466 e. The number of esters is 1. The highest BCUT2D eigenvalue weighted by Gasteiger charge is 2.48. The van der Waals surface area contributed by atoms with E-state index in [2.05, 4.69) is 6.58 Å². The SMILES string of the molecule is C=C(C(=O)OC)C1CCC(C)(O)C2CC(O)C(C)=CC12. The van der Waals surface area contributed by atoms with E-state index in [1.54, 1.807) is 0 Å². The Morgan fingerprint density at radius 1 is 1.55 bits per heavy atom. The minimum absolute atomic E-state index is 0.0184. The first-order valence-corrected chi connectivity index (χ1v) is 7.13. The second-order valence-corrected chi connectivity index (χ2v) is 6.37. The topological polar surface area (TPSA) is 66.8 Å². The van der Waals surface area contributed by atoms with Gasteiger partial charge < -0.3 is 14.9 Å². The molecule has 0 amide bonds. The minimum atomic E-state index is -0.810. The molecule has 2 aliphatic rings. The van der Waals surface area contributed by atoms with Gasteiger partial charge in [0, 0.05) is 5.57 Å². The molecule has 5 atom stereocenters. The van der Waals surface area contributed by atoms with Crippen molar-refractivity contribution < 1.29 is 19.7 Å². The molecule has 2 N–H and O–H groups in total. The number of carbonyl (C=O) groups is 1. The monoisotopic (exact) mass is 280 g/mol. The fourth-order valence-corrected chi connectivity index (χ4v) is 3.69. The maximum Gasteiger partial charge on any atom is 0.333 e. The van der Waals surface area contributed by atoms with E-state index < -0.39 is 11.7 Å². The van der Waals surface area contributed by atoms with Crippen molar-refractivity contribution in [2.45, 2.75) is 44.8 Å². The van der Waals surface area contributed by atoms with Crippen LogP contribution in [0.3, 0.4) is 0 Å². The lowest BCUT2D eigenvalue weighted by atomic mass is 9.59. The number of methoxy groups -OCH3 is 1. The van der Waals surface area contributed by atoms with Crippen molar-refractivity contribution in [1.82, 2.24) is 0 Å². The number of hydrogen-bond donors (Lipinski definition) is 2. The van der Waals surface area contributed by atoms with E-state index in [1.165, 1.54) is 7.11 Å². The summed E-state index contributed by atoms with van der Waals surface area (Å²) in [5.74, 6) is -0.419. The van der Waals surface area contributed by atoms with Crippen LogP contribution in [0, 0.1) is 17.8 Å². The molecule has 5 unspecified atom stereocenters. The summed E-state index contributed by atoms with van der Waals surface area (Å²) >= 11 is 0. The van der Waals surface area contributed by atoms with Crippen molar-refractivity contribution in [1.29, 1.82) is 0 Å². The van der Waals surface area contributed by atoms with Gasteiger partial charge in [0.15, 0.2) is 0 Å². The fourth-order valence-electron chi connectivity index (χ4n) is 3.69. The van der Waals surface area contributed by atoms with Crippen LogP contribution in [-0.4, -0.2) is 35.0 Å². The first-order chi connectivity index (χ1) is 9.27. The third-order valence-electron chi connectivity index (χ3n) is 5.04. The molecule has 2 aliphatic carbocycles. The van der Waals surface area contributed by atoms with Crippen LogP contribution in [0.4, 0.5) is 0 Å². The predicted octanol–water partition coefficient (Wildman–Crippen LogP) is 1.82. The van der Waals surface area contributed by atoms with E-state index in [-0.39, 0.29) is 23.7 Å². The average Bonchev–Trinajstić information content (AvgIpc) is 2.39. The van der Waals surface area contributed by atoms with Crippen LogP contribution >= 0.6 is 0 Å². The van der Waals surface area contributed by atoms with E-state index in [0.717, 1.165) is 5.57 Å². The van der Waals surface area contributed by atoms with Crippen molar-refractivity contribution in [2.24, 2.45) is 17.8 Å². The lowest BCUT2D eigenvalue weighted by Crippen LogP contribution is -2.50. The first kappa shape index (κ1) is 15.3. The Kier molecular flexibility index (Phi) is 4.07. The Balaban J connectivity index is 2.33. The van der Waals surface area contributed by atoms with Crippen LogP contribution in [0.5, 0.6) is 0 Å². The summed E-state index contributed by atoms with van der Waals surface area (Å²) in [7, 11) is 1.36. The van der Waals surface area contributed by atoms with Gasteiger partial charge in [0.2, 0.25) is 0 Å². The van der Waals surface area contributed by atoms with E-state index in [1.807, 2.05) is 19.9 Å². The summed E-state index contributed by atoms with van der Waals surface area (Å²) in [5, 5.41) is 20.6. The quantitative estimate of drug-likeness (QED) is 0.460. The molecule has 0 aromatic rings. The number of rotatable bonds is 2. The zero-order valence-electron chi connectivity index (χ0n) is 12.4. The molecular formula is C16H24O4. The van der Waals surface area contributed by atoms with Crippen LogP contribution in [0.1, 0.15) is 33.1 Å².